The number of pyridine rings is 1. The minimum absolute atomic E-state index is 0.00668. The van der Waals surface area contributed by atoms with E-state index in [-0.39, 0.29) is 22.8 Å². The summed E-state index contributed by atoms with van der Waals surface area (Å²) in [5.41, 5.74) is 0.701. The summed E-state index contributed by atoms with van der Waals surface area (Å²) in [5.74, 6) is 0.786. The molecule has 0 radical (unpaired) electrons. The lowest BCUT2D eigenvalue weighted by molar-refractivity contribution is 0.0780. The van der Waals surface area contributed by atoms with Crippen LogP contribution in [0, 0.1) is 5.92 Å². The summed E-state index contributed by atoms with van der Waals surface area (Å²) >= 11 is 0. The van der Waals surface area contributed by atoms with Crippen LogP contribution < -0.4 is 15.0 Å². The van der Waals surface area contributed by atoms with E-state index < -0.39 is 10.0 Å². The Morgan fingerprint density at radius 2 is 1.63 bits per heavy atom. The van der Waals surface area contributed by atoms with Crippen molar-refractivity contribution in [1.82, 2.24) is 8.87 Å². The minimum Gasteiger partial charge on any atom is -0.490 e. The van der Waals surface area contributed by atoms with Crippen molar-refractivity contribution in [2.24, 2.45) is 10.9 Å². The fourth-order valence-electron chi connectivity index (χ4n) is 5.12. The third kappa shape index (κ3) is 5.30. The first kappa shape index (κ1) is 24.1. The third-order valence-electron chi connectivity index (χ3n) is 7.13. The van der Waals surface area contributed by atoms with Crippen LogP contribution in [0.5, 0.6) is 11.5 Å². The van der Waals surface area contributed by atoms with Crippen LogP contribution in [0.1, 0.15) is 56.2 Å². The fourth-order valence-corrected chi connectivity index (χ4v) is 6.60. The Labute approximate surface area is 206 Å². The highest BCUT2D eigenvalue weighted by Crippen LogP contribution is 2.34. The molecule has 2 fully saturated rings. The van der Waals surface area contributed by atoms with E-state index in [2.05, 4.69) is 0 Å². The van der Waals surface area contributed by atoms with Crippen molar-refractivity contribution in [3.8, 4) is 11.5 Å². The Hall–Kier alpha value is -2.65. The topological polar surface area (TPSA) is 90.2 Å². The van der Waals surface area contributed by atoms with Gasteiger partial charge in [0.2, 0.25) is 15.9 Å². The van der Waals surface area contributed by atoms with Gasteiger partial charge in [-0.15, -0.1) is 0 Å². The highest BCUT2D eigenvalue weighted by Gasteiger charge is 2.33. The van der Waals surface area contributed by atoms with Gasteiger partial charge in [0.1, 0.15) is 5.49 Å². The van der Waals surface area contributed by atoms with Crippen LogP contribution >= 0.6 is 0 Å². The summed E-state index contributed by atoms with van der Waals surface area (Å²) in [7, 11) is -3.69. The summed E-state index contributed by atoms with van der Waals surface area (Å²) in [5, 5.41) is 0. The number of rotatable bonds is 4. The molecule has 0 spiro atoms. The van der Waals surface area contributed by atoms with Crippen molar-refractivity contribution in [1.29, 1.82) is 0 Å². The Bertz CT molecular complexity index is 1230. The number of ether oxygens (including phenoxy) is 2. The second-order valence-corrected chi connectivity index (χ2v) is 11.5. The van der Waals surface area contributed by atoms with Gasteiger partial charge < -0.3 is 9.47 Å². The lowest BCUT2D eigenvalue weighted by Crippen LogP contribution is -2.42. The molecule has 2 aliphatic heterocycles. The van der Waals surface area contributed by atoms with Gasteiger partial charge in [-0.25, -0.2) is 8.42 Å². The maximum Gasteiger partial charge on any atom is 0.243 e. The molecule has 3 aliphatic rings. The summed E-state index contributed by atoms with van der Waals surface area (Å²) in [6.45, 7) is 1.65. The van der Waals surface area contributed by atoms with Crippen LogP contribution in [0.4, 0.5) is 0 Å². The number of hydrogen-bond donors (Lipinski definition) is 0. The number of nitrogens with zero attached hydrogens (tertiary/aromatic N) is 3. The quantitative estimate of drug-likeness (QED) is 0.641. The van der Waals surface area contributed by atoms with Crippen LogP contribution in [0.3, 0.4) is 0 Å². The zero-order valence-corrected chi connectivity index (χ0v) is 20.8. The third-order valence-corrected chi connectivity index (χ3v) is 9.02. The number of carbonyl (C=O) groups is 1. The Balaban J connectivity index is 1.28. The zero-order chi connectivity index (χ0) is 24.3. The first-order valence-electron chi connectivity index (χ1n) is 12.7. The van der Waals surface area contributed by atoms with Crippen LogP contribution in [-0.2, 0) is 10.0 Å². The normalized spacial score (nSPS) is 21.0. The van der Waals surface area contributed by atoms with Gasteiger partial charge in [0.25, 0.3) is 0 Å². The molecule has 0 unspecified atom stereocenters. The number of hydrogen-bond acceptors (Lipinski definition) is 6. The summed E-state index contributed by atoms with van der Waals surface area (Å²) in [6, 6.07) is 10.7. The standard InChI is InChI=1S/C26H33N3O5S/c30-26(29-14-5-4-9-25(29)27-21-7-2-1-3-8-21)20-12-15-28(16-13-20)35(31,32)22-10-11-23-24(19-22)34-18-6-17-33-23/h4-5,9-11,14,19-21H,1-3,6-8,12-13,15-18H2. The molecule has 1 aromatic heterocycles. The number of sulfonamides is 1. The van der Waals surface area contributed by atoms with Crippen molar-refractivity contribution in [3.63, 3.8) is 0 Å². The lowest BCUT2D eigenvalue weighted by atomic mass is 9.96. The predicted molar refractivity (Wildman–Crippen MR) is 131 cm³/mol. The summed E-state index contributed by atoms with van der Waals surface area (Å²) < 4.78 is 41.0. The summed E-state index contributed by atoms with van der Waals surface area (Å²) in [6.07, 6.45) is 9.27. The molecule has 1 aliphatic carbocycles. The molecule has 1 aromatic carbocycles. The van der Waals surface area contributed by atoms with E-state index in [1.54, 1.807) is 29.0 Å². The van der Waals surface area contributed by atoms with Gasteiger partial charge in [0, 0.05) is 37.7 Å². The average molecular weight is 500 g/mol. The van der Waals surface area contributed by atoms with Gasteiger partial charge in [-0.2, -0.15) is 4.31 Å². The van der Waals surface area contributed by atoms with Crippen molar-refractivity contribution in [2.45, 2.75) is 62.3 Å². The summed E-state index contributed by atoms with van der Waals surface area (Å²) in [4.78, 5) is 18.5. The first-order chi connectivity index (χ1) is 17.0. The van der Waals surface area contributed by atoms with E-state index in [4.69, 9.17) is 14.5 Å². The highest BCUT2D eigenvalue weighted by molar-refractivity contribution is 7.89. The number of aromatic nitrogens is 1. The van der Waals surface area contributed by atoms with Gasteiger partial charge in [-0.05, 0) is 49.9 Å². The molecule has 1 saturated carbocycles. The van der Waals surface area contributed by atoms with E-state index >= 15 is 0 Å². The smallest absolute Gasteiger partial charge is 0.243 e. The number of benzene rings is 1. The second kappa shape index (κ2) is 10.5. The monoisotopic (exact) mass is 499 g/mol. The van der Waals surface area contributed by atoms with Crippen molar-refractivity contribution in [2.75, 3.05) is 26.3 Å². The molecule has 5 rings (SSSR count). The highest BCUT2D eigenvalue weighted by atomic mass is 32.2. The Morgan fingerprint density at radius 1 is 0.886 bits per heavy atom. The Kier molecular flexibility index (Phi) is 7.24. The lowest BCUT2D eigenvalue weighted by Gasteiger charge is -2.31. The molecule has 8 nitrogen and oxygen atoms in total. The van der Waals surface area contributed by atoms with E-state index in [0.717, 1.165) is 19.3 Å². The van der Waals surface area contributed by atoms with Crippen LogP contribution in [0.2, 0.25) is 0 Å². The largest absolute Gasteiger partial charge is 0.490 e. The zero-order valence-electron chi connectivity index (χ0n) is 20.0. The van der Waals surface area contributed by atoms with E-state index in [1.807, 2.05) is 18.2 Å². The van der Waals surface area contributed by atoms with Gasteiger partial charge in [0.15, 0.2) is 11.5 Å². The molecule has 0 N–H and O–H groups in total. The number of piperidine rings is 1. The fraction of sp³-hybridized carbons (Fsp3) is 0.538. The average Bonchev–Trinajstić information content (AvgIpc) is 3.14. The van der Waals surface area contributed by atoms with E-state index in [1.165, 1.54) is 23.6 Å². The molecule has 0 bridgehead atoms. The molecule has 9 heteroatoms. The van der Waals surface area contributed by atoms with Crippen LogP contribution in [0.25, 0.3) is 0 Å². The van der Waals surface area contributed by atoms with Gasteiger partial charge in [-0.3, -0.25) is 14.4 Å². The number of carbonyl (C=O) groups excluding carboxylic acids is 1. The maximum atomic E-state index is 13.4. The molecular weight excluding hydrogens is 466 g/mol. The van der Waals surface area contributed by atoms with E-state index in [0.29, 0.717) is 56.1 Å². The first-order valence-corrected chi connectivity index (χ1v) is 14.1. The number of fused-ring (bicyclic) bond motifs is 1. The molecule has 35 heavy (non-hydrogen) atoms. The van der Waals surface area contributed by atoms with Gasteiger partial charge in [0.05, 0.1) is 24.2 Å². The molecular formula is C26H33N3O5S. The van der Waals surface area contributed by atoms with Crippen molar-refractivity contribution in [3.05, 3.63) is 48.1 Å². The van der Waals surface area contributed by atoms with Crippen molar-refractivity contribution >= 4 is 15.9 Å². The van der Waals surface area contributed by atoms with Gasteiger partial charge >= 0.3 is 0 Å². The van der Waals surface area contributed by atoms with E-state index in [9.17, 15) is 13.2 Å². The SMILES string of the molecule is O=C(C1CCN(S(=O)(=O)c2ccc3c(c2)OCCCO3)CC1)n1ccccc1=NC1CCCCC1. The molecule has 1 saturated heterocycles. The van der Waals surface area contributed by atoms with Crippen LogP contribution in [0.15, 0.2) is 52.5 Å². The molecule has 188 valence electrons. The maximum absolute atomic E-state index is 13.4. The van der Waals surface area contributed by atoms with Crippen LogP contribution in [-0.4, -0.2) is 55.5 Å². The minimum atomic E-state index is -3.69. The van der Waals surface area contributed by atoms with Crippen molar-refractivity contribution < 1.29 is 22.7 Å². The van der Waals surface area contributed by atoms with Gasteiger partial charge in [-0.1, -0.05) is 25.3 Å². The molecule has 3 heterocycles. The molecule has 0 amide bonds. The Morgan fingerprint density at radius 3 is 2.40 bits per heavy atom. The predicted octanol–water partition coefficient (Wildman–Crippen LogP) is 3.62. The molecule has 0 atom stereocenters. The second-order valence-electron chi connectivity index (χ2n) is 9.53. The molecule has 2 aromatic rings.